The Morgan fingerprint density at radius 1 is 1.13 bits per heavy atom. The van der Waals surface area contributed by atoms with Gasteiger partial charge >= 0.3 is 6.18 Å². The fourth-order valence-corrected chi connectivity index (χ4v) is 3.08. The number of alkyl halides is 3. The van der Waals surface area contributed by atoms with Gasteiger partial charge in [-0.15, -0.1) is 0 Å². The molecule has 1 saturated heterocycles. The van der Waals surface area contributed by atoms with E-state index in [0.29, 0.717) is 18.3 Å². The van der Waals surface area contributed by atoms with Crippen LogP contribution in [0.15, 0.2) is 36.5 Å². The number of rotatable bonds is 2. The molecular weight excluding hydrogens is 303 g/mol. The molecule has 0 amide bonds. The van der Waals surface area contributed by atoms with Gasteiger partial charge in [-0.05, 0) is 31.9 Å². The number of aryl methyl sites for hydroxylation is 1. The highest BCUT2D eigenvalue weighted by Gasteiger charge is 2.36. The third kappa shape index (κ3) is 3.30. The molecule has 1 aliphatic heterocycles. The van der Waals surface area contributed by atoms with Crippen molar-refractivity contribution in [3.8, 4) is 0 Å². The van der Waals surface area contributed by atoms with Crippen LogP contribution in [0.3, 0.4) is 0 Å². The lowest BCUT2D eigenvalue weighted by atomic mass is 9.96. The van der Waals surface area contributed by atoms with Gasteiger partial charge in [0.1, 0.15) is 5.82 Å². The Morgan fingerprint density at radius 3 is 2.48 bits per heavy atom. The number of anilines is 1. The molecule has 0 spiro atoms. The summed E-state index contributed by atoms with van der Waals surface area (Å²) in [6.07, 6.45) is -2.44. The first-order valence-electron chi connectivity index (χ1n) is 7.58. The Kier molecular flexibility index (Phi) is 4.00. The van der Waals surface area contributed by atoms with Gasteiger partial charge in [0.25, 0.3) is 0 Å². The topological polar surface area (TPSA) is 29.0 Å². The standard InChI is InChI=1S/C17H18F3N3/c1-11-3-5-13(6-4-11)14-9-12(2)23(10-14)15-7-8-21-16(22-15)17(18,19)20/h3-8,12,14H,9-10H2,1-2H3. The second-order valence-electron chi connectivity index (χ2n) is 6.08. The second-order valence-corrected chi connectivity index (χ2v) is 6.08. The van der Waals surface area contributed by atoms with Crippen molar-refractivity contribution in [2.75, 3.05) is 11.4 Å². The monoisotopic (exact) mass is 321 g/mol. The third-order valence-electron chi connectivity index (χ3n) is 4.31. The van der Waals surface area contributed by atoms with E-state index in [1.54, 1.807) is 6.07 Å². The van der Waals surface area contributed by atoms with Crippen molar-refractivity contribution in [1.29, 1.82) is 0 Å². The van der Waals surface area contributed by atoms with Gasteiger partial charge in [-0.3, -0.25) is 0 Å². The van der Waals surface area contributed by atoms with Crippen LogP contribution in [0.1, 0.15) is 36.2 Å². The van der Waals surface area contributed by atoms with Crippen molar-refractivity contribution in [3.05, 3.63) is 53.5 Å². The zero-order valence-electron chi connectivity index (χ0n) is 13.0. The maximum Gasteiger partial charge on any atom is 0.451 e. The van der Waals surface area contributed by atoms with E-state index in [2.05, 4.69) is 34.2 Å². The van der Waals surface area contributed by atoms with Gasteiger partial charge in [0, 0.05) is 24.7 Å². The fourth-order valence-electron chi connectivity index (χ4n) is 3.08. The highest BCUT2D eigenvalue weighted by atomic mass is 19.4. The van der Waals surface area contributed by atoms with Gasteiger partial charge in [0.2, 0.25) is 5.82 Å². The SMILES string of the molecule is Cc1ccc(C2CC(C)N(c3ccnc(C(F)(F)F)n3)C2)cc1. The molecule has 1 aromatic carbocycles. The van der Waals surface area contributed by atoms with Gasteiger partial charge in [0.05, 0.1) is 0 Å². The molecule has 0 bridgehead atoms. The summed E-state index contributed by atoms with van der Waals surface area (Å²) < 4.78 is 38.4. The van der Waals surface area contributed by atoms with Crippen molar-refractivity contribution in [2.24, 2.45) is 0 Å². The van der Waals surface area contributed by atoms with Crippen LogP contribution in [0, 0.1) is 6.92 Å². The lowest BCUT2D eigenvalue weighted by molar-refractivity contribution is -0.144. The molecule has 0 aliphatic carbocycles. The van der Waals surface area contributed by atoms with E-state index in [0.717, 1.165) is 6.42 Å². The summed E-state index contributed by atoms with van der Waals surface area (Å²) in [6.45, 7) is 4.72. The summed E-state index contributed by atoms with van der Waals surface area (Å²) in [4.78, 5) is 8.97. The van der Waals surface area contributed by atoms with Crippen LogP contribution in [0.2, 0.25) is 0 Å². The molecule has 1 fully saturated rings. The molecule has 2 heterocycles. The predicted octanol–water partition coefficient (Wildman–Crippen LogP) is 4.19. The minimum Gasteiger partial charge on any atom is -0.353 e. The molecule has 1 aromatic heterocycles. The molecule has 2 aromatic rings. The molecule has 2 atom stereocenters. The molecule has 0 N–H and O–H groups in total. The molecule has 0 saturated carbocycles. The Hall–Kier alpha value is -2.11. The van der Waals surface area contributed by atoms with Crippen LogP contribution in [0.25, 0.3) is 0 Å². The molecule has 23 heavy (non-hydrogen) atoms. The zero-order chi connectivity index (χ0) is 16.6. The summed E-state index contributed by atoms with van der Waals surface area (Å²) in [5, 5.41) is 0. The van der Waals surface area contributed by atoms with Gasteiger partial charge in [-0.1, -0.05) is 29.8 Å². The van der Waals surface area contributed by atoms with Crippen LogP contribution >= 0.6 is 0 Å². The maximum absolute atomic E-state index is 12.8. The van der Waals surface area contributed by atoms with Crippen LogP contribution < -0.4 is 4.90 Å². The Bertz CT molecular complexity index is 682. The Balaban J connectivity index is 1.83. The molecule has 3 rings (SSSR count). The first-order valence-corrected chi connectivity index (χ1v) is 7.58. The largest absolute Gasteiger partial charge is 0.451 e. The van der Waals surface area contributed by atoms with E-state index in [-0.39, 0.29) is 6.04 Å². The number of nitrogens with zero attached hydrogens (tertiary/aromatic N) is 3. The van der Waals surface area contributed by atoms with E-state index in [4.69, 9.17) is 0 Å². The lowest BCUT2D eigenvalue weighted by Gasteiger charge is -2.23. The van der Waals surface area contributed by atoms with E-state index in [1.807, 2.05) is 18.7 Å². The molecule has 1 aliphatic rings. The quantitative estimate of drug-likeness (QED) is 0.830. The van der Waals surface area contributed by atoms with E-state index in [9.17, 15) is 13.2 Å². The number of halogens is 3. The maximum atomic E-state index is 12.8. The fraction of sp³-hybridized carbons (Fsp3) is 0.412. The number of benzene rings is 1. The molecule has 2 unspecified atom stereocenters. The van der Waals surface area contributed by atoms with Gasteiger partial charge in [0.15, 0.2) is 0 Å². The summed E-state index contributed by atoms with van der Waals surface area (Å²) >= 11 is 0. The summed E-state index contributed by atoms with van der Waals surface area (Å²) in [6, 6.07) is 10.00. The second kappa shape index (κ2) is 5.83. The smallest absolute Gasteiger partial charge is 0.353 e. The molecular formula is C17H18F3N3. The minimum absolute atomic E-state index is 0.136. The highest BCUT2D eigenvalue weighted by Crippen LogP contribution is 2.35. The summed E-state index contributed by atoms with van der Waals surface area (Å²) in [5.74, 6) is -0.440. The third-order valence-corrected chi connectivity index (χ3v) is 4.31. The molecule has 6 heteroatoms. The average Bonchev–Trinajstić information content (AvgIpc) is 2.89. The average molecular weight is 321 g/mol. The van der Waals surface area contributed by atoms with Crippen molar-refractivity contribution in [3.63, 3.8) is 0 Å². The van der Waals surface area contributed by atoms with Crippen molar-refractivity contribution in [1.82, 2.24) is 9.97 Å². The number of aromatic nitrogens is 2. The van der Waals surface area contributed by atoms with Crippen LogP contribution in [0.5, 0.6) is 0 Å². The minimum atomic E-state index is -4.52. The van der Waals surface area contributed by atoms with E-state index in [1.165, 1.54) is 17.3 Å². The predicted molar refractivity (Wildman–Crippen MR) is 82.4 cm³/mol. The summed E-state index contributed by atoms with van der Waals surface area (Å²) in [5.41, 5.74) is 2.41. The van der Waals surface area contributed by atoms with E-state index >= 15 is 0 Å². The molecule has 0 radical (unpaired) electrons. The Morgan fingerprint density at radius 2 is 1.83 bits per heavy atom. The molecule has 122 valence electrons. The van der Waals surface area contributed by atoms with Crippen LogP contribution in [-0.2, 0) is 6.18 Å². The Labute approximate surface area is 133 Å². The lowest BCUT2D eigenvalue weighted by Crippen LogP contribution is -2.28. The van der Waals surface area contributed by atoms with Gasteiger partial charge in [-0.25, -0.2) is 9.97 Å². The van der Waals surface area contributed by atoms with Crippen LogP contribution in [-0.4, -0.2) is 22.6 Å². The first-order chi connectivity index (χ1) is 10.8. The van der Waals surface area contributed by atoms with Gasteiger partial charge < -0.3 is 4.90 Å². The van der Waals surface area contributed by atoms with Gasteiger partial charge in [-0.2, -0.15) is 13.2 Å². The normalized spacial score (nSPS) is 21.7. The molecule has 3 nitrogen and oxygen atoms in total. The number of hydrogen-bond donors (Lipinski definition) is 0. The number of hydrogen-bond acceptors (Lipinski definition) is 3. The van der Waals surface area contributed by atoms with E-state index < -0.39 is 12.0 Å². The summed E-state index contributed by atoms with van der Waals surface area (Å²) in [7, 11) is 0. The highest BCUT2D eigenvalue weighted by molar-refractivity contribution is 5.43. The van der Waals surface area contributed by atoms with Crippen molar-refractivity contribution < 1.29 is 13.2 Å². The van der Waals surface area contributed by atoms with Crippen molar-refractivity contribution in [2.45, 2.75) is 38.4 Å². The zero-order valence-corrected chi connectivity index (χ0v) is 13.0. The van der Waals surface area contributed by atoms with Crippen molar-refractivity contribution >= 4 is 5.82 Å². The first kappa shape index (κ1) is 15.8. The van der Waals surface area contributed by atoms with Crippen LogP contribution in [0.4, 0.5) is 19.0 Å².